The Balaban J connectivity index is 1.72. The van der Waals surface area contributed by atoms with Crippen molar-refractivity contribution in [3.8, 4) is 0 Å². The summed E-state index contributed by atoms with van der Waals surface area (Å²) >= 11 is 0. The normalized spacial score (nSPS) is 18.1. The van der Waals surface area contributed by atoms with Crippen molar-refractivity contribution in [2.24, 2.45) is 0 Å². The molecule has 0 amide bonds. The molecule has 4 rings (SSSR count). The molecular weight excluding hydrogens is 376 g/mol. The highest BCUT2D eigenvalue weighted by Gasteiger charge is 2.29. The van der Waals surface area contributed by atoms with Crippen LogP contribution in [-0.4, -0.2) is 61.8 Å². The minimum Gasteiger partial charge on any atom is -0.378 e. The van der Waals surface area contributed by atoms with Crippen LogP contribution in [0, 0.1) is 6.92 Å². The maximum Gasteiger partial charge on any atom is 0.211 e. The van der Waals surface area contributed by atoms with Gasteiger partial charge in [-0.1, -0.05) is 29.8 Å². The van der Waals surface area contributed by atoms with Crippen LogP contribution in [0.15, 0.2) is 24.3 Å². The van der Waals surface area contributed by atoms with Gasteiger partial charge in [-0.25, -0.2) is 18.4 Å². The first kappa shape index (κ1) is 19.3. The van der Waals surface area contributed by atoms with E-state index in [1.165, 1.54) is 21.7 Å². The summed E-state index contributed by atoms with van der Waals surface area (Å²) in [4.78, 5) is 11.9. The molecule has 0 aliphatic carbocycles. The van der Waals surface area contributed by atoms with Gasteiger partial charge in [0.25, 0.3) is 0 Å². The highest BCUT2D eigenvalue weighted by molar-refractivity contribution is 7.88. The third-order valence-electron chi connectivity index (χ3n) is 5.27. The van der Waals surface area contributed by atoms with E-state index in [4.69, 9.17) is 14.7 Å². The van der Waals surface area contributed by atoms with Crippen molar-refractivity contribution in [1.29, 1.82) is 0 Å². The van der Waals surface area contributed by atoms with E-state index in [-0.39, 0.29) is 0 Å². The summed E-state index contributed by atoms with van der Waals surface area (Å²) in [5.74, 6) is 1.66. The standard InChI is InChI=1S/C20H26N4O3S/c1-15-4-3-5-16(12-15)13-19-21-18-6-7-24(28(2,25)26)14-17(18)20(22-19)23-8-10-27-11-9-23/h3-5,12H,6-11,13-14H2,1-2H3. The molecule has 1 saturated heterocycles. The van der Waals surface area contributed by atoms with E-state index in [1.807, 2.05) is 0 Å². The lowest BCUT2D eigenvalue weighted by molar-refractivity contribution is 0.122. The molecule has 1 aromatic heterocycles. The lowest BCUT2D eigenvalue weighted by Crippen LogP contribution is -2.41. The molecule has 0 atom stereocenters. The van der Waals surface area contributed by atoms with Crippen molar-refractivity contribution < 1.29 is 13.2 Å². The molecule has 0 unspecified atom stereocenters. The SMILES string of the molecule is Cc1cccc(Cc2nc3c(c(N4CCOCC4)n2)CN(S(C)(=O)=O)CC3)c1. The first-order chi connectivity index (χ1) is 13.4. The Hall–Kier alpha value is -2.03. The van der Waals surface area contributed by atoms with E-state index in [2.05, 4.69) is 36.1 Å². The second-order valence-electron chi connectivity index (χ2n) is 7.50. The number of rotatable bonds is 4. The largest absolute Gasteiger partial charge is 0.378 e. The average molecular weight is 403 g/mol. The van der Waals surface area contributed by atoms with Crippen LogP contribution in [0.1, 0.15) is 28.2 Å². The highest BCUT2D eigenvalue weighted by atomic mass is 32.2. The van der Waals surface area contributed by atoms with Crippen molar-refractivity contribution in [3.05, 3.63) is 52.5 Å². The zero-order valence-corrected chi connectivity index (χ0v) is 17.2. The molecule has 2 aliphatic heterocycles. The van der Waals surface area contributed by atoms with Gasteiger partial charge >= 0.3 is 0 Å². The first-order valence-corrected chi connectivity index (χ1v) is 11.5. The van der Waals surface area contributed by atoms with Gasteiger partial charge in [0.2, 0.25) is 10.0 Å². The summed E-state index contributed by atoms with van der Waals surface area (Å²) in [5.41, 5.74) is 4.31. The van der Waals surface area contributed by atoms with Crippen LogP contribution in [0.5, 0.6) is 0 Å². The Morgan fingerprint density at radius 1 is 1.14 bits per heavy atom. The molecule has 1 fully saturated rings. The number of hydrogen-bond donors (Lipinski definition) is 0. The Kier molecular flexibility index (Phi) is 5.35. The number of aromatic nitrogens is 2. The molecular formula is C20H26N4O3S. The summed E-state index contributed by atoms with van der Waals surface area (Å²) in [5, 5.41) is 0. The lowest BCUT2D eigenvalue weighted by atomic mass is 10.1. The molecule has 0 bridgehead atoms. The van der Waals surface area contributed by atoms with Crippen LogP contribution in [0.2, 0.25) is 0 Å². The van der Waals surface area contributed by atoms with Gasteiger partial charge in [0, 0.05) is 44.6 Å². The third-order valence-corrected chi connectivity index (χ3v) is 6.52. The molecule has 150 valence electrons. The minimum atomic E-state index is -3.24. The van der Waals surface area contributed by atoms with Crippen molar-refractivity contribution >= 4 is 15.8 Å². The van der Waals surface area contributed by atoms with Crippen LogP contribution >= 0.6 is 0 Å². The smallest absolute Gasteiger partial charge is 0.211 e. The molecule has 7 nitrogen and oxygen atoms in total. The number of hydrogen-bond acceptors (Lipinski definition) is 6. The molecule has 8 heteroatoms. The summed E-state index contributed by atoms with van der Waals surface area (Å²) < 4.78 is 31.2. The molecule has 0 radical (unpaired) electrons. The number of aryl methyl sites for hydroxylation is 1. The third kappa shape index (κ3) is 4.19. The number of sulfonamides is 1. The van der Waals surface area contributed by atoms with E-state index < -0.39 is 10.0 Å². The predicted molar refractivity (Wildman–Crippen MR) is 108 cm³/mol. The van der Waals surface area contributed by atoms with Gasteiger partial charge in [0.05, 0.1) is 25.2 Å². The zero-order chi connectivity index (χ0) is 19.7. The van der Waals surface area contributed by atoms with Crippen LogP contribution in [0.25, 0.3) is 0 Å². The van der Waals surface area contributed by atoms with E-state index >= 15 is 0 Å². The predicted octanol–water partition coefficient (Wildman–Crippen LogP) is 1.53. The van der Waals surface area contributed by atoms with Crippen molar-refractivity contribution in [3.63, 3.8) is 0 Å². The van der Waals surface area contributed by atoms with Gasteiger partial charge in [-0.05, 0) is 12.5 Å². The number of anilines is 1. The fourth-order valence-corrected chi connectivity index (χ4v) is 4.61. The zero-order valence-electron chi connectivity index (χ0n) is 16.4. The quantitative estimate of drug-likeness (QED) is 0.772. The summed E-state index contributed by atoms with van der Waals surface area (Å²) in [6.07, 6.45) is 2.55. The van der Waals surface area contributed by atoms with Gasteiger partial charge in [-0.2, -0.15) is 4.31 Å². The Bertz CT molecular complexity index is 971. The molecule has 0 saturated carbocycles. The molecule has 0 spiro atoms. The number of benzene rings is 1. The Labute approximate surface area is 166 Å². The van der Waals surface area contributed by atoms with Crippen LogP contribution in [0.4, 0.5) is 5.82 Å². The van der Waals surface area contributed by atoms with E-state index in [1.54, 1.807) is 0 Å². The van der Waals surface area contributed by atoms with Gasteiger partial charge in [0.1, 0.15) is 11.6 Å². The van der Waals surface area contributed by atoms with Gasteiger partial charge in [-0.15, -0.1) is 0 Å². The second kappa shape index (κ2) is 7.77. The summed E-state index contributed by atoms with van der Waals surface area (Å²) in [6.45, 7) is 5.71. The minimum absolute atomic E-state index is 0.339. The number of nitrogens with zero attached hydrogens (tertiary/aromatic N) is 4. The second-order valence-corrected chi connectivity index (χ2v) is 9.48. The van der Waals surface area contributed by atoms with Crippen LogP contribution < -0.4 is 4.90 Å². The lowest BCUT2D eigenvalue weighted by Gasteiger charge is -2.33. The number of ether oxygens (including phenoxy) is 1. The van der Waals surface area contributed by atoms with Gasteiger partial charge < -0.3 is 9.64 Å². The Morgan fingerprint density at radius 2 is 1.93 bits per heavy atom. The first-order valence-electron chi connectivity index (χ1n) is 9.62. The fraction of sp³-hybridized carbons (Fsp3) is 0.500. The van der Waals surface area contributed by atoms with Crippen molar-refractivity contribution in [1.82, 2.24) is 14.3 Å². The van der Waals surface area contributed by atoms with E-state index in [0.717, 1.165) is 36.0 Å². The monoisotopic (exact) mass is 402 g/mol. The molecule has 1 aromatic carbocycles. The molecule has 28 heavy (non-hydrogen) atoms. The average Bonchev–Trinajstić information content (AvgIpc) is 2.67. The van der Waals surface area contributed by atoms with Gasteiger partial charge in [-0.3, -0.25) is 0 Å². The van der Waals surface area contributed by atoms with E-state index in [0.29, 0.717) is 39.1 Å². The molecule has 3 heterocycles. The molecule has 2 aliphatic rings. The summed E-state index contributed by atoms with van der Waals surface area (Å²) in [6, 6.07) is 8.38. The maximum absolute atomic E-state index is 12.1. The van der Waals surface area contributed by atoms with Crippen LogP contribution in [0.3, 0.4) is 0 Å². The number of morpholine rings is 1. The highest BCUT2D eigenvalue weighted by Crippen LogP contribution is 2.29. The van der Waals surface area contributed by atoms with Gasteiger partial charge in [0.15, 0.2) is 0 Å². The van der Waals surface area contributed by atoms with Crippen molar-refractivity contribution in [2.75, 3.05) is 44.0 Å². The summed E-state index contributed by atoms with van der Waals surface area (Å²) in [7, 11) is -3.24. The van der Waals surface area contributed by atoms with Crippen molar-refractivity contribution in [2.45, 2.75) is 26.3 Å². The number of fused-ring (bicyclic) bond motifs is 1. The molecule has 2 aromatic rings. The maximum atomic E-state index is 12.1. The van der Waals surface area contributed by atoms with Crippen LogP contribution in [-0.2, 0) is 34.1 Å². The van der Waals surface area contributed by atoms with E-state index in [9.17, 15) is 8.42 Å². The molecule has 0 N–H and O–H groups in total. The fourth-order valence-electron chi connectivity index (χ4n) is 3.83. The Morgan fingerprint density at radius 3 is 2.64 bits per heavy atom. The topological polar surface area (TPSA) is 75.6 Å².